The SMILES string of the molecule is CN=C(NCC1CCCS1)NCC(C)N1CCc2ccccc2C1.I. The highest BCUT2D eigenvalue weighted by molar-refractivity contribution is 14.0. The Balaban J connectivity index is 0.00000225. The van der Waals surface area contributed by atoms with Gasteiger partial charge in [-0.3, -0.25) is 9.89 Å². The van der Waals surface area contributed by atoms with Crippen molar-refractivity contribution < 1.29 is 0 Å². The van der Waals surface area contributed by atoms with Gasteiger partial charge >= 0.3 is 0 Å². The summed E-state index contributed by atoms with van der Waals surface area (Å²) in [6, 6.07) is 9.33. The normalized spacial score (nSPS) is 22.0. The van der Waals surface area contributed by atoms with Gasteiger partial charge in [0.25, 0.3) is 0 Å². The summed E-state index contributed by atoms with van der Waals surface area (Å²) < 4.78 is 0. The maximum atomic E-state index is 4.37. The van der Waals surface area contributed by atoms with E-state index in [2.05, 4.69) is 63.5 Å². The molecule has 140 valence electrons. The highest BCUT2D eigenvalue weighted by Gasteiger charge is 2.20. The molecule has 4 nitrogen and oxygen atoms in total. The summed E-state index contributed by atoms with van der Waals surface area (Å²) in [6.07, 6.45) is 3.85. The Labute approximate surface area is 173 Å². The van der Waals surface area contributed by atoms with E-state index < -0.39 is 0 Å². The Morgan fingerprint density at radius 2 is 2.12 bits per heavy atom. The number of nitrogens with one attached hydrogen (secondary N) is 2. The van der Waals surface area contributed by atoms with Crippen molar-refractivity contribution in [1.82, 2.24) is 15.5 Å². The summed E-state index contributed by atoms with van der Waals surface area (Å²) >= 11 is 2.08. The van der Waals surface area contributed by atoms with Crippen LogP contribution < -0.4 is 10.6 Å². The molecule has 2 unspecified atom stereocenters. The van der Waals surface area contributed by atoms with Gasteiger partial charge in [-0.25, -0.2) is 0 Å². The molecule has 0 bridgehead atoms. The number of halogens is 1. The number of aliphatic imine (C=N–C) groups is 1. The third-order valence-corrected chi connectivity index (χ3v) is 6.49. The van der Waals surface area contributed by atoms with Crippen LogP contribution in [0.1, 0.15) is 30.9 Å². The molecule has 0 aromatic heterocycles. The first-order valence-electron chi connectivity index (χ1n) is 9.13. The molecule has 0 aliphatic carbocycles. The minimum atomic E-state index is 0. The van der Waals surface area contributed by atoms with Crippen LogP contribution in [-0.4, -0.2) is 54.6 Å². The van der Waals surface area contributed by atoms with Crippen LogP contribution in [-0.2, 0) is 13.0 Å². The minimum absolute atomic E-state index is 0. The number of rotatable bonds is 5. The molecule has 0 saturated carbocycles. The molecule has 1 aromatic rings. The van der Waals surface area contributed by atoms with E-state index in [-0.39, 0.29) is 24.0 Å². The van der Waals surface area contributed by atoms with Gasteiger partial charge in [0.2, 0.25) is 0 Å². The number of nitrogens with zero attached hydrogens (tertiary/aromatic N) is 2. The van der Waals surface area contributed by atoms with Crippen molar-refractivity contribution in [2.45, 2.75) is 44.0 Å². The van der Waals surface area contributed by atoms with E-state index >= 15 is 0 Å². The lowest BCUT2D eigenvalue weighted by atomic mass is 9.99. The zero-order chi connectivity index (χ0) is 16.8. The van der Waals surface area contributed by atoms with E-state index in [1.165, 1.54) is 29.7 Å². The smallest absolute Gasteiger partial charge is 0.191 e. The van der Waals surface area contributed by atoms with Crippen molar-refractivity contribution in [1.29, 1.82) is 0 Å². The van der Waals surface area contributed by atoms with Crippen LogP contribution >= 0.6 is 35.7 Å². The zero-order valence-corrected chi connectivity index (χ0v) is 18.5. The molecule has 6 heteroatoms. The number of benzene rings is 1. The standard InChI is InChI=1S/C19H30N4S.HI/c1-15(23-10-9-16-6-3-4-7-17(16)14-23)12-21-19(20-2)22-13-18-8-5-11-24-18;/h3-4,6-7,15,18H,5,8-14H2,1-2H3,(H2,20,21,22);1H. The molecule has 1 fully saturated rings. The van der Waals surface area contributed by atoms with Gasteiger partial charge < -0.3 is 10.6 Å². The van der Waals surface area contributed by atoms with Gasteiger partial charge in [0, 0.05) is 44.5 Å². The molecule has 0 radical (unpaired) electrons. The maximum absolute atomic E-state index is 4.37. The molecule has 0 spiro atoms. The van der Waals surface area contributed by atoms with Crippen molar-refractivity contribution in [2.24, 2.45) is 4.99 Å². The van der Waals surface area contributed by atoms with Gasteiger partial charge in [-0.1, -0.05) is 24.3 Å². The molecule has 3 rings (SSSR count). The highest BCUT2D eigenvalue weighted by Crippen LogP contribution is 2.25. The van der Waals surface area contributed by atoms with Gasteiger partial charge in [0.05, 0.1) is 0 Å². The fourth-order valence-electron chi connectivity index (χ4n) is 3.50. The Hall–Kier alpha value is -0.470. The molecule has 25 heavy (non-hydrogen) atoms. The summed E-state index contributed by atoms with van der Waals surface area (Å²) in [7, 11) is 1.86. The average Bonchev–Trinajstić information content (AvgIpc) is 3.14. The van der Waals surface area contributed by atoms with E-state index in [0.29, 0.717) is 6.04 Å². The fraction of sp³-hybridized carbons (Fsp3) is 0.632. The van der Waals surface area contributed by atoms with Crippen LogP contribution in [0.25, 0.3) is 0 Å². The average molecular weight is 474 g/mol. The van der Waals surface area contributed by atoms with E-state index in [1.807, 2.05) is 7.05 Å². The van der Waals surface area contributed by atoms with Crippen LogP contribution in [0.5, 0.6) is 0 Å². The maximum Gasteiger partial charge on any atom is 0.191 e. The number of thioether (sulfide) groups is 1. The molecule has 0 amide bonds. The Kier molecular flexibility index (Phi) is 8.85. The van der Waals surface area contributed by atoms with Gasteiger partial charge in [-0.05, 0) is 43.1 Å². The molecule has 1 aromatic carbocycles. The molecular formula is C19H31IN4S. The molecule has 2 N–H and O–H groups in total. The van der Waals surface area contributed by atoms with Crippen LogP contribution in [0.15, 0.2) is 29.3 Å². The molecule has 2 aliphatic rings. The lowest BCUT2D eigenvalue weighted by Gasteiger charge is -2.34. The lowest BCUT2D eigenvalue weighted by molar-refractivity contribution is 0.191. The monoisotopic (exact) mass is 474 g/mol. The Morgan fingerprint density at radius 3 is 2.84 bits per heavy atom. The van der Waals surface area contributed by atoms with E-state index in [4.69, 9.17) is 0 Å². The molecule has 2 atom stereocenters. The topological polar surface area (TPSA) is 39.7 Å². The molecular weight excluding hydrogens is 443 g/mol. The summed E-state index contributed by atoms with van der Waals surface area (Å²) in [6.45, 7) is 6.46. The zero-order valence-electron chi connectivity index (χ0n) is 15.3. The van der Waals surface area contributed by atoms with Gasteiger partial charge in [0.15, 0.2) is 5.96 Å². The van der Waals surface area contributed by atoms with Crippen LogP contribution in [0, 0.1) is 0 Å². The van der Waals surface area contributed by atoms with E-state index in [9.17, 15) is 0 Å². The number of fused-ring (bicyclic) bond motifs is 1. The van der Waals surface area contributed by atoms with Crippen molar-refractivity contribution in [2.75, 3.05) is 32.4 Å². The predicted molar refractivity (Wildman–Crippen MR) is 120 cm³/mol. The van der Waals surface area contributed by atoms with Gasteiger partial charge in [-0.2, -0.15) is 11.8 Å². The van der Waals surface area contributed by atoms with Crippen molar-refractivity contribution in [3.63, 3.8) is 0 Å². The summed E-state index contributed by atoms with van der Waals surface area (Å²) in [4.78, 5) is 6.93. The highest BCUT2D eigenvalue weighted by atomic mass is 127. The number of hydrogen-bond acceptors (Lipinski definition) is 3. The van der Waals surface area contributed by atoms with Crippen molar-refractivity contribution >= 4 is 41.7 Å². The first kappa shape index (κ1) is 20.8. The third-order valence-electron chi connectivity index (χ3n) is 5.09. The first-order valence-corrected chi connectivity index (χ1v) is 10.2. The fourth-order valence-corrected chi connectivity index (χ4v) is 4.70. The van der Waals surface area contributed by atoms with Gasteiger partial charge in [-0.15, -0.1) is 24.0 Å². The second-order valence-electron chi connectivity index (χ2n) is 6.81. The predicted octanol–water partition coefficient (Wildman–Crippen LogP) is 3.11. The minimum Gasteiger partial charge on any atom is -0.355 e. The first-order chi connectivity index (χ1) is 11.8. The molecule has 2 heterocycles. The summed E-state index contributed by atoms with van der Waals surface area (Å²) in [5.74, 6) is 2.25. The van der Waals surface area contributed by atoms with Crippen LogP contribution in [0.4, 0.5) is 0 Å². The van der Waals surface area contributed by atoms with Crippen molar-refractivity contribution in [3.05, 3.63) is 35.4 Å². The second-order valence-corrected chi connectivity index (χ2v) is 8.22. The number of guanidine groups is 1. The van der Waals surface area contributed by atoms with Crippen LogP contribution in [0.2, 0.25) is 0 Å². The van der Waals surface area contributed by atoms with Crippen LogP contribution in [0.3, 0.4) is 0 Å². The third kappa shape index (κ3) is 6.03. The van der Waals surface area contributed by atoms with E-state index in [1.54, 1.807) is 0 Å². The summed E-state index contributed by atoms with van der Waals surface area (Å²) in [5.41, 5.74) is 3.00. The Bertz CT molecular complexity index is 560. The number of hydrogen-bond donors (Lipinski definition) is 2. The Morgan fingerprint density at radius 1 is 1.32 bits per heavy atom. The van der Waals surface area contributed by atoms with Gasteiger partial charge in [0.1, 0.15) is 0 Å². The second kappa shape index (κ2) is 10.6. The quantitative estimate of drug-likeness (QED) is 0.391. The van der Waals surface area contributed by atoms with E-state index in [0.717, 1.165) is 43.8 Å². The van der Waals surface area contributed by atoms with Crippen molar-refractivity contribution in [3.8, 4) is 0 Å². The summed E-state index contributed by atoms with van der Waals surface area (Å²) in [5, 5.41) is 7.74. The largest absolute Gasteiger partial charge is 0.355 e. The molecule has 2 aliphatic heterocycles. The molecule has 1 saturated heterocycles. The lowest BCUT2D eigenvalue weighted by Crippen LogP contribution is -2.48.